The van der Waals surface area contributed by atoms with Crippen LogP contribution in [0.5, 0.6) is 0 Å². The van der Waals surface area contributed by atoms with E-state index in [1.165, 1.54) is 18.5 Å². The van der Waals surface area contributed by atoms with Crippen molar-refractivity contribution in [2.24, 2.45) is 0 Å². The van der Waals surface area contributed by atoms with Crippen LogP contribution < -0.4 is 5.32 Å². The molecule has 2 rings (SSSR count). The molecule has 7 heteroatoms. The second-order valence-electron chi connectivity index (χ2n) is 4.46. The summed E-state index contributed by atoms with van der Waals surface area (Å²) in [6, 6.07) is 2.92. The fourth-order valence-electron chi connectivity index (χ4n) is 1.91. The Hall–Kier alpha value is -2.34. The van der Waals surface area contributed by atoms with E-state index in [9.17, 15) is 9.59 Å². The van der Waals surface area contributed by atoms with Crippen LogP contribution in [0.2, 0.25) is 5.02 Å². The Morgan fingerprint density at radius 1 is 1.38 bits per heavy atom. The second-order valence-corrected chi connectivity index (χ2v) is 4.89. The Balaban J connectivity index is 2.22. The van der Waals surface area contributed by atoms with E-state index >= 15 is 0 Å². The number of hydrogen-bond acceptors (Lipinski definition) is 3. The summed E-state index contributed by atoms with van der Waals surface area (Å²) >= 11 is 5.92. The first-order valence-electron chi connectivity index (χ1n) is 6.36. The minimum Gasteiger partial charge on any atom is -0.478 e. The number of hydrogen-bond donors (Lipinski definition) is 2. The molecule has 2 aromatic heterocycles. The summed E-state index contributed by atoms with van der Waals surface area (Å²) in [5, 5.41) is 12.0. The van der Waals surface area contributed by atoms with Crippen molar-refractivity contribution in [3.8, 4) is 0 Å². The van der Waals surface area contributed by atoms with Crippen LogP contribution in [0.3, 0.4) is 0 Å². The zero-order valence-electron chi connectivity index (χ0n) is 11.3. The number of pyridine rings is 1. The van der Waals surface area contributed by atoms with Gasteiger partial charge in [-0.25, -0.2) is 4.79 Å². The van der Waals surface area contributed by atoms with Crippen LogP contribution in [0.1, 0.15) is 34.2 Å². The fourth-order valence-corrected chi connectivity index (χ4v) is 2.13. The zero-order chi connectivity index (χ0) is 15.4. The number of nitrogens with one attached hydrogen (secondary N) is 1. The third kappa shape index (κ3) is 3.61. The van der Waals surface area contributed by atoms with Crippen molar-refractivity contribution < 1.29 is 14.7 Å². The third-order valence-electron chi connectivity index (χ3n) is 2.80. The highest BCUT2D eigenvalue weighted by molar-refractivity contribution is 6.31. The quantitative estimate of drug-likeness (QED) is 0.889. The van der Waals surface area contributed by atoms with Crippen LogP contribution in [-0.2, 0) is 6.54 Å². The van der Waals surface area contributed by atoms with Gasteiger partial charge < -0.3 is 15.0 Å². The molecule has 0 unspecified atom stereocenters. The highest BCUT2D eigenvalue weighted by atomic mass is 35.5. The molecular formula is C14H14ClN3O3. The Morgan fingerprint density at radius 3 is 2.81 bits per heavy atom. The monoisotopic (exact) mass is 307 g/mol. The lowest BCUT2D eigenvalue weighted by Gasteiger charge is -2.08. The number of carboxylic acid groups (broad SMARTS) is 1. The van der Waals surface area contributed by atoms with Gasteiger partial charge in [-0.1, -0.05) is 18.5 Å². The highest BCUT2D eigenvalue weighted by Crippen LogP contribution is 2.17. The summed E-state index contributed by atoms with van der Waals surface area (Å²) in [6.45, 7) is 2.67. The number of aromatic carboxylic acids is 1. The van der Waals surface area contributed by atoms with Crippen molar-refractivity contribution in [3.05, 3.63) is 47.0 Å². The van der Waals surface area contributed by atoms with Crippen LogP contribution in [0.4, 0.5) is 5.69 Å². The number of carbonyl (C=O) groups is 2. The van der Waals surface area contributed by atoms with Crippen molar-refractivity contribution in [2.45, 2.75) is 19.9 Å². The maximum absolute atomic E-state index is 12.2. The summed E-state index contributed by atoms with van der Waals surface area (Å²) in [4.78, 5) is 26.9. The van der Waals surface area contributed by atoms with Crippen molar-refractivity contribution in [2.75, 3.05) is 5.32 Å². The molecule has 110 valence electrons. The summed E-state index contributed by atoms with van der Waals surface area (Å²) in [6.07, 6.45) is 5.15. The molecule has 0 atom stereocenters. The molecule has 0 bridgehead atoms. The normalized spacial score (nSPS) is 10.4. The summed E-state index contributed by atoms with van der Waals surface area (Å²) in [5.74, 6) is -1.46. The number of aromatic nitrogens is 2. The summed E-state index contributed by atoms with van der Waals surface area (Å²) in [7, 11) is 0. The van der Waals surface area contributed by atoms with E-state index in [2.05, 4.69) is 10.3 Å². The minimum absolute atomic E-state index is 0.00905. The van der Waals surface area contributed by atoms with E-state index in [1.807, 2.05) is 6.92 Å². The van der Waals surface area contributed by atoms with Crippen LogP contribution in [0.25, 0.3) is 0 Å². The van der Waals surface area contributed by atoms with Gasteiger partial charge in [-0.05, 0) is 18.6 Å². The predicted octanol–water partition coefficient (Wildman–Crippen LogP) is 2.90. The number of amides is 1. The molecule has 0 aromatic carbocycles. The molecular weight excluding hydrogens is 294 g/mol. The first kappa shape index (κ1) is 15.1. The Bertz CT molecular complexity index is 682. The van der Waals surface area contributed by atoms with Crippen molar-refractivity contribution in [3.63, 3.8) is 0 Å². The Kier molecular flexibility index (Phi) is 4.59. The van der Waals surface area contributed by atoms with Gasteiger partial charge in [0.15, 0.2) is 0 Å². The molecule has 0 aliphatic rings. The van der Waals surface area contributed by atoms with Crippen molar-refractivity contribution in [1.29, 1.82) is 0 Å². The largest absolute Gasteiger partial charge is 0.478 e. The lowest BCUT2D eigenvalue weighted by Crippen LogP contribution is -2.17. The van der Waals surface area contributed by atoms with E-state index in [0.717, 1.165) is 6.42 Å². The molecule has 0 saturated carbocycles. The van der Waals surface area contributed by atoms with Gasteiger partial charge in [0.25, 0.3) is 5.91 Å². The van der Waals surface area contributed by atoms with Crippen LogP contribution >= 0.6 is 11.6 Å². The molecule has 2 heterocycles. The van der Waals surface area contributed by atoms with Crippen LogP contribution in [0, 0.1) is 0 Å². The van der Waals surface area contributed by atoms with E-state index in [4.69, 9.17) is 16.7 Å². The highest BCUT2D eigenvalue weighted by Gasteiger charge is 2.14. The van der Waals surface area contributed by atoms with Gasteiger partial charge in [-0.15, -0.1) is 0 Å². The van der Waals surface area contributed by atoms with Gasteiger partial charge in [-0.3, -0.25) is 9.78 Å². The molecule has 6 nitrogen and oxygen atoms in total. The number of rotatable bonds is 5. The first-order chi connectivity index (χ1) is 10.0. The van der Waals surface area contributed by atoms with Crippen LogP contribution in [0.15, 0.2) is 30.7 Å². The molecule has 0 radical (unpaired) electrons. The zero-order valence-corrected chi connectivity index (χ0v) is 12.1. The van der Waals surface area contributed by atoms with E-state index in [0.29, 0.717) is 22.9 Å². The average molecular weight is 308 g/mol. The van der Waals surface area contributed by atoms with Gasteiger partial charge in [0.05, 0.1) is 22.5 Å². The lowest BCUT2D eigenvalue weighted by atomic mass is 10.2. The molecule has 0 saturated heterocycles. The molecule has 2 aromatic rings. The van der Waals surface area contributed by atoms with E-state index in [1.54, 1.807) is 16.8 Å². The summed E-state index contributed by atoms with van der Waals surface area (Å²) < 4.78 is 1.76. The van der Waals surface area contributed by atoms with Crippen LogP contribution in [-0.4, -0.2) is 26.5 Å². The smallest absolute Gasteiger partial charge is 0.337 e. The number of aryl methyl sites for hydroxylation is 1. The molecule has 0 aliphatic carbocycles. The van der Waals surface area contributed by atoms with Crippen molar-refractivity contribution >= 4 is 29.2 Å². The van der Waals surface area contributed by atoms with Gasteiger partial charge in [0.1, 0.15) is 5.69 Å². The van der Waals surface area contributed by atoms with E-state index in [-0.39, 0.29) is 11.5 Å². The molecule has 0 aliphatic heterocycles. The second kappa shape index (κ2) is 6.41. The molecule has 1 amide bonds. The molecule has 0 fully saturated rings. The molecule has 21 heavy (non-hydrogen) atoms. The fraction of sp³-hybridized carbons (Fsp3) is 0.214. The first-order valence-corrected chi connectivity index (χ1v) is 6.74. The summed E-state index contributed by atoms with van der Waals surface area (Å²) in [5.41, 5.74) is 0.748. The van der Waals surface area contributed by atoms with E-state index < -0.39 is 5.97 Å². The Morgan fingerprint density at radius 2 is 2.14 bits per heavy atom. The maximum atomic E-state index is 12.2. The van der Waals surface area contributed by atoms with Gasteiger partial charge in [0.2, 0.25) is 0 Å². The minimum atomic E-state index is -1.10. The van der Waals surface area contributed by atoms with Gasteiger partial charge in [0, 0.05) is 18.9 Å². The maximum Gasteiger partial charge on any atom is 0.337 e. The number of anilines is 1. The molecule has 0 spiro atoms. The van der Waals surface area contributed by atoms with Gasteiger partial charge in [-0.2, -0.15) is 0 Å². The number of nitrogens with zero attached hydrogens (tertiary/aromatic N) is 2. The van der Waals surface area contributed by atoms with Gasteiger partial charge >= 0.3 is 5.97 Å². The predicted molar refractivity (Wildman–Crippen MR) is 78.9 cm³/mol. The topological polar surface area (TPSA) is 84.2 Å². The number of carboxylic acids is 1. The average Bonchev–Trinajstić information content (AvgIpc) is 2.80. The third-order valence-corrected chi connectivity index (χ3v) is 3.01. The lowest BCUT2D eigenvalue weighted by molar-refractivity contribution is 0.0696. The number of carbonyl (C=O) groups excluding carboxylic acids is 1. The molecule has 2 N–H and O–H groups in total. The SMILES string of the molecule is CCCn1cc(Cl)cc1C(=O)Nc1cncc(C(=O)O)c1. The standard InChI is InChI=1S/C14H14ClN3O3/c1-2-3-18-8-10(15)5-12(18)13(19)17-11-4-9(14(20)21)6-16-7-11/h4-8H,2-3H2,1H3,(H,17,19)(H,20,21). The Labute approximate surface area is 126 Å². The number of halogens is 1. The van der Waals surface area contributed by atoms with Crippen molar-refractivity contribution in [1.82, 2.24) is 9.55 Å².